The average molecular weight is 203 g/mol. The SMILES string of the molecule is COc1cc(NCC(F)F)nc(C)n1. The Hall–Kier alpha value is -1.46. The van der Waals surface area contributed by atoms with E-state index in [9.17, 15) is 8.78 Å². The third kappa shape index (κ3) is 3.12. The first kappa shape index (κ1) is 10.6. The van der Waals surface area contributed by atoms with Gasteiger partial charge in [0.15, 0.2) is 0 Å². The summed E-state index contributed by atoms with van der Waals surface area (Å²) in [7, 11) is 1.46. The van der Waals surface area contributed by atoms with Crippen molar-refractivity contribution in [2.75, 3.05) is 19.0 Å². The Kier molecular flexibility index (Phi) is 3.55. The number of hydrogen-bond acceptors (Lipinski definition) is 4. The lowest BCUT2D eigenvalue weighted by Gasteiger charge is -2.06. The van der Waals surface area contributed by atoms with Gasteiger partial charge in [0.25, 0.3) is 6.43 Å². The van der Waals surface area contributed by atoms with Crippen LogP contribution in [0.15, 0.2) is 6.07 Å². The van der Waals surface area contributed by atoms with Crippen LogP contribution in [0, 0.1) is 6.92 Å². The Balaban J connectivity index is 2.71. The van der Waals surface area contributed by atoms with E-state index in [-0.39, 0.29) is 0 Å². The molecule has 0 saturated carbocycles. The Labute approximate surface area is 80.3 Å². The highest BCUT2D eigenvalue weighted by Crippen LogP contribution is 2.12. The molecule has 0 aliphatic rings. The van der Waals surface area contributed by atoms with E-state index in [1.165, 1.54) is 13.2 Å². The molecule has 14 heavy (non-hydrogen) atoms. The molecule has 1 aromatic rings. The lowest BCUT2D eigenvalue weighted by Crippen LogP contribution is -2.12. The molecule has 1 heterocycles. The maximum Gasteiger partial charge on any atom is 0.255 e. The Bertz CT molecular complexity index is 307. The van der Waals surface area contributed by atoms with Crippen LogP contribution in [0.4, 0.5) is 14.6 Å². The Morgan fingerprint density at radius 3 is 2.79 bits per heavy atom. The third-order valence-corrected chi connectivity index (χ3v) is 1.46. The largest absolute Gasteiger partial charge is 0.481 e. The van der Waals surface area contributed by atoms with Gasteiger partial charge in [0.2, 0.25) is 5.88 Å². The van der Waals surface area contributed by atoms with Crippen LogP contribution >= 0.6 is 0 Å². The normalized spacial score (nSPS) is 10.4. The minimum Gasteiger partial charge on any atom is -0.481 e. The van der Waals surface area contributed by atoms with Crippen LogP contribution in [0.2, 0.25) is 0 Å². The highest BCUT2D eigenvalue weighted by atomic mass is 19.3. The van der Waals surface area contributed by atoms with Crippen LogP contribution in [0.3, 0.4) is 0 Å². The topological polar surface area (TPSA) is 47.0 Å². The molecule has 78 valence electrons. The number of nitrogens with one attached hydrogen (secondary N) is 1. The van der Waals surface area contributed by atoms with Crippen molar-refractivity contribution in [3.63, 3.8) is 0 Å². The Morgan fingerprint density at radius 1 is 1.50 bits per heavy atom. The zero-order chi connectivity index (χ0) is 10.6. The number of aryl methyl sites for hydroxylation is 1. The lowest BCUT2D eigenvalue weighted by atomic mass is 10.5. The Morgan fingerprint density at radius 2 is 2.21 bits per heavy atom. The molecular weight excluding hydrogens is 192 g/mol. The van der Waals surface area contributed by atoms with Crippen molar-refractivity contribution in [2.45, 2.75) is 13.3 Å². The molecule has 6 heteroatoms. The molecular formula is C8H11F2N3O. The van der Waals surface area contributed by atoms with Crippen molar-refractivity contribution in [3.05, 3.63) is 11.9 Å². The molecule has 0 saturated heterocycles. The third-order valence-electron chi connectivity index (χ3n) is 1.46. The molecule has 0 bridgehead atoms. The standard InChI is InChI=1S/C8H11F2N3O/c1-5-12-7(11-4-6(9)10)3-8(13-5)14-2/h3,6H,4H2,1-2H3,(H,11,12,13). The van der Waals surface area contributed by atoms with Gasteiger partial charge in [-0.25, -0.2) is 13.8 Å². The summed E-state index contributed by atoms with van der Waals surface area (Å²) in [5.74, 6) is 1.17. The van der Waals surface area contributed by atoms with Crippen LogP contribution in [0.25, 0.3) is 0 Å². The molecule has 1 aromatic heterocycles. The van der Waals surface area contributed by atoms with Gasteiger partial charge in [-0.05, 0) is 6.92 Å². The second-order valence-corrected chi connectivity index (χ2v) is 2.61. The second kappa shape index (κ2) is 4.69. The van der Waals surface area contributed by atoms with Gasteiger partial charge >= 0.3 is 0 Å². The molecule has 1 N–H and O–H groups in total. The number of rotatable bonds is 4. The summed E-state index contributed by atoms with van der Waals surface area (Å²) in [6.45, 7) is 1.23. The number of hydrogen-bond donors (Lipinski definition) is 1. The van der Waals surface area contributed by atoms with Crippen LogP contribution in [0.5, 0.6) is 5.88 Å². The maximum absolute atomic E-state index is 11.9. The number of nitrogens with zero attached hydrogens (tertiary/aromatic N) is 2. The van der Waals surface area contributed by atoms with Gasteiger partial charge in [0, 0.05) is 6.07 Å². The zero-order valence-electron chi connectivity index (χ0n) is 7.92. The fourth-order valence-electron chi connectivity index (χ4n) is 0.917. The van der Waals surface area contributed by atoms with Crippen LogP contribution in [0.1, 0.15) is 5.82 Å². The molecule has 0 atom stereocenters. The van der Waals surface area contributed by atoms with Crippen LogP contribution < -0.4 is 10.1 Å². The van der Waals surface area contributed by atoms with Gasteiger partial charge in [-0.15, -0.1) is 0 Å². The molecule has 0 radical (unpaired) electrons. The quantitative estimate of drug-likeness (QED) is 0.804. The summed E-state index contributed by atoms with van der Waals surface area (Å²) in [5, 5.41) is 2.48. The summed E-state index contributed by atoms with van der Waals surface area (Å²) >= 11 is 0. The highest BCUT2D eigenvalue weighted by molar-refractivity contribution is 5.38. The minimum absolute atomic E-state index is 0.342. The summed E-state index contributed by atoms with van der Waals surface area (Å²) in [5.41, 5.74) is 0. The summed E-state index contributed by atoms with van der Waals surface area (Å²) in [6.07, 6.45) is -2.41. The fraction of sp³-hybridized carbons (Fsp3) is 0.500. The van der Waals surface area contributed by atoms with E-state index in [1.807, 2.05) is 0 Å². The predicted octanol–water partition coefficient (Wildman–Crippen LogP) is 1.47. The maximum atomic E-state index is 11.9. The minimum atomic E-state index is -2.41. The van der Waals surface area contributed by atoms with Gasteiger partial charge in [-0.1, -0.05) is 0 Å². The van der Waals surface area contributed by atoms with E-state index in [2.05, 4.69) is 15.3 Å². The number of methoxy groups -OCH3 is 1. The van der Waals surface area contributed by atoms with Crippen molar-refractivity contribution in [2.24, 2.45) is 0 Å². The summed E-state index contributed by atoms with van der Waals surface area (Å²) in [6, 6.07) is 1.47. The first-order valence-electron chi connectivity index (χ1n) is 4.03. The molecule has 0 aliphatic carbocycles. The first-order chi connectivity index (χ1) is 6.61. The molecule has 0 aliphatic heterocycles. The number of ether oxygens (including phenoxy) is 1. The zero-order valence-corrected chi connectivity index (χ0v) is 7.92. The van der Waals surface area contributed by atoms with Crippen LogP contribution in [-0.2, 0) is 0 Å². The van der Waals surface area contributed by atoms with Crippen molar-refractivity contribution in [1.29, 1.82) is 0 Å². The number of anilines is 1. The second-order valence-electron chi connectivity index (χ2n) is 2.61. The lowest BCUT2D eigenvalue weighted by molar-refractivity contribution is 0.163. The van der Waals surface area contributed by atoms with Crippen LogP contribution in [-0.4, -0.2) is 30.0 Å². The summed E-state index contributed by atoms with van der Waals surface area (Å²) < 4.78 is 28.6. The van der Waals surface area contributed by atoms with E-state index in [0.717, 1.165) is 0 Å². The molecule has 0 amide bonds. The highest BCUT2D eigenvalue weighted by Gasteiger charge is 2.05. The van der Waals surface area contributed by atoms with Crippen molar-refractivity contribution in [1.82, 2.24) is 9.97 Å². The van der Waals surface area contributed by atoms with Gasteiger partial charge < -0.3 is 10.1 Å². The first-order valence-corrected chi connectivity index (χ1v) is 4.03. The van der Waals surface area contributed by atoms with Crippen molar-refractivity contribution < 1.29 is 13.5 Å². The summed E-state index contributed by atoms with van der Waals surface area (Å²) in [4.78, 5) is 7.84. The van der Waals surface area contributed by atoms with E-state index in [0.29, 0.717) is 17.5 Å². The monoisotopic (exact) mass is 203 g/mol. The van der Waals surface area contributed by atoms with Crippen molar-refractivity contribution >= 4 is 5.82 Å². The smallest absolute Gasteiger partial charge is 0.255 e. The molecule has 0 unspecified atom stereocenters. The molecule has 1 rings (SSSR count). The van der Waals surface area contributed by atoms with E-state index in [4.69, 9.17) is 4.74 Å². The van der Waals surface area contributed by atoms with Gasteiger partial charge in [0.05, 0.1) is 13.7 Å². The van der Waals surface area contributed by atoms with E-state index in [1.54, 1.807) is 6.92 Å². The van der Waals surface area contributed by atoms with Gasteiger partial charge in [-0.3, -0.25) is 0 Å². The predicted molar refractivity (Wildman–Crippen MR) is 47.8 cm³/mol. The fourth-order valence-corrected chi connectivity index (χ4v) is 0.917. The number of alkyl halides is 2. The molecule has 0 spiro atoms. The number of halogens is 2. The molecule has 0 fully saturated rings. The van der Waals surface area contributed by atoms with Gasteiger partial charge in [-0.2, -0.15) is 4.98 Å². The van der Waals surface area contributed by atoms with Crippen molar-refractivity contribution in [3.8, 4) is 5.88 Å². The average Bonchev–Trinajstić information content (AvgIpc) is 2.14. The molecule has 0 aromatic carbocycles. The molecule has 4 nitrogen and oxygen atoms in total. The number of aromatic nitrogens is 2. The van der Waals surface area contributed by atoms with Gasteiger partial charge in [0.1, 0.15) is 11.6 Å². The van der Waals surface area contributed by atoms with E-state index >= 15 is 0 Å². The van der Waals surface area contributed by atoms with E-state index < -0.39 is 13.0 Å².